The molecule has 5 rings (SSSR count). The maximum absolute atomic E-state index is 13.9. The van der Waals surface area contributed by atoms with E-state index in [4.69, 9.17) is 0 Å². The molecule has 3 aliphatic rings. The minimum absolute atomic E-state index is 0.169. The van der Waals surface area contributed by atoms with E-state index in [1.807, 2.05) is 12.1 Å². The number of carbonyl (C=O) groups excluding carboxylic acids is 1. The zero-order valence-corrected chi connectivity index (χ0v) is 23.6. The SMILES string of the molecule is C[C@@H]1CCc2ncnc(N3CCN(C(=O)[C@H](CNC4CCCC(C)(C)C4)c4ccc(Br)cc4)CC3)c21. The number of anilines is 1. The number of amides is 1. The van der Waals surface area contributed by atoms with Gasteiger partial charge in [-0.05, 0) is 61.1 Å². The van der Waals surface area contributed by atoms with Crippen LogP contribution in [0.1, 0.15) is 81.5 Å². The molecule has 2 aromatic rings. The van der Waals surface area contributed by atoms with E-state index in [1.165, 1.54) is 36.9 Å². The lowest BCUT2D eigenvalue weighted by molar-refractivity contribution is -0.133. The van der Waals surface area contributed by atoms with Crippen molar-refractivity contribution in [2.75, 3.05) is 37.6 Å². The van der Waals surface area contributed by atoms with Crippen LogP contribution in [0, 0.1) is 5.41 Å². The van der Waals surface area contributed by atoms with E-state index in [2.05, 4.69) is 73.9 Å². The fourth-order valence-electron chi connectivity index (χ4n) is 6.43. The number of aryl methyl sites for hydroxylation is 1. The Labute approximate surface area is 224 Å². The Bertz CT molecular complexity index is 1060. The third kappa shape index (κ3) is 5.62. The maximum atomic E-state index is 13.9. The summed E-state index contributed by atoms with van der Waals surface area (Å²) in [6.45, 7) is 10.8. The normalized spacial score (nSPS) is 24.4. The molecule has 1 amide bonds. The predicted molar refractivity (Wildman–Crippen MR) is 148 cm³/mol. The van der Waals surface area contributed by atoms with Gasteiger partial charge in [-0.3, -0.25) is 4.79 Å². The molecule has 194 valence electrons. The molecule has 2 fully saturated rings. The second kappa shape index (κ2) is 10.8. The molecule has 2 heterocycles. The average molecular weight is 555 g/mol. The third-order valence-corrected chi connectivity index (χ3v) is 9.06. The van der Waals surface area contributed by atoms with Gasteiger partial charge in [0, 0.05) is 54.5 Å². The van der Waals surface area contributed by atoms with Gasteiger partial charge in [0.15, 0.2) is 0 Å². The highest BCUT2D eigenvalue weighted by Crippen LogP contribution is 2.38. The van der Waals surface area contributed by atoms with Gasteiger partial charge in [0.25, 0.3) is 0 Å². The number of hydrogen-bond acceptors (Lipinski definition) is 5. The number of halogens is 1. The first-order valence-corrected chi connectivity index (χ1v) is 14.5. The second-order valence-corrected chi connectivity index (χ2v) is 12.7. The lowest BCUT2D eigenvalue weighted by atomic mass is 9.75. The quantitative estimate of drug-likeness (QED) is 0.527. The van der Waals surface area contributed by atoms with Crippen LogP contribution in [0.15, 0.2) is 35.1 Å². The molecular weight excluding hydrogens is 514 g/mol. The van der Waals surface area contributed by atoms with Gasteiger partial charge in [0.2, 0.25) is 5.91 Å². The summed E-state index contributed by atoms with van der Waals surface area (Å²) < 4.78 is 1.04. The molecule has 1 saturated heterocycles. The lowest BCUT2D eigenvalue weighted by Crippen LogP contribution is -2.52. The second-order valence-electron chi connectivity index (χ2n) is 11.8. The first-order valence-electron chi connectivity index (χ1n) is 13.7. The number of piperazine rings is 1. The van der Waals surface area contributed by atoms with Crippen molar-refractivity contribution in [1.29, 1.82) is 0 Å². The zero-order valence-electron chi connectivity index (χ0n) is 22.0. The van der Waals surface area contributed by atoms with Crippen LogP contribution < -0.4 is 10.2 Å². The van der Waals surface area contributed by atoms with Gasteiger partial charge in [-0.25, -0.2) is 9.97 Å². The van der Waals surface area contributed by atoms with Gasteiger partial charge in [0.1, 0.15) is 12.1 Å². The number of rotatable bonds is 6. The Morgan fingerprint density at radius 3 is 2.61 bits per heavy atom. The topological polar surface area (TPSA) is 61.4 Å². The van der Waals surface area contributed by atoms with Gasteiger partial charge in [-0.1, -0.05) is 55.3 Å². The highest BCUT2D eigenvalue weighted by molar-refractivity contribution is 9.10. The number of fused-ring (bicyclic) bond motifs is 1. The lowest BCUT2D eigenvalue weighted by Gasteiger charge is -2.39. The summed E-state index contributed by atoms with van der Waals surface area (Å²) >= 11 is 3.55. The Morgan fingerprint density at radius 2 is 1.89 bits per heavy atom. The summed E-state index contributed by atoms with van der Waals surface area (Å²) in [5, 5.41) is 3.79. The van der Waals surface area contributed by atoms with E-state index >= 15 is 0 Å². The zero-order chi connectivity index (χ0) is 25.3. The van der Waals surface area contributed by atoms with Crippen molar-refractivity contribution in [3.8, 4) is 0 Å². The summed E-state index contributed by atoms with van der Waals surface area (Å²) in [5.74, 6) is 1.66. The van der Waals surface area contributed by atoms with Crippen LogP contribution in [0.25, 0.3) is 0 Å². The summed E-state index contributed by atoms with van der Waals surface area (Å²) in [6, 6.07) is 8.78. The fraction of sp³-hybridized carbons (Fsp3) is 0.621. The molecule has 1 unspecified atom stereocenters. The van der Waals surface area contributed by atoms with Crippen LogP contribution in [0.5, 0.6) is 0 Å². The smallest absolute Gasteiger partial charge is 0.231 e. The van der Waals surface area contributed by atoms with Crippen molar-refractivity contribution in [2.45, 2.75) is 77.2 Å². The Morgan fingerprint density at radius 1 is 1.14 bits per heavy atom. The Balaban J connectivity index is 1.27. The highest BCUT2D eigenvalue weighted by Gasteiger charge is 2.33. The highest BCUT2D eigenvalue weighted by atomic mass is 79.9. The van der Waals surface area contributed by atoms with Crippen LogP contribution in [0.4, 0.5) is 5.82 Å². The number of hydrogen-bond donors (Lipinski definition) is 1. The number of carbonyl (C=O) groups is 1. The van der Waals surface area contributed by atoms with Gasteiger partial charge in [-0.2, -0.15) is 0 Å². The molecule has 1 saturated carbocycles. The van der Waals surface area contributed by atoms with Crippen molar-refractivity contribution in [3.05, 3.63) is 51.9 Å². The van der Waals surface area contributed by atoms with E-state index in [1.54, 1.807) is 6.33 Å². The van der Waals surface area contributed by atoms with Crippen LogP contribution in [-0.2, 0) is 11.2 Å². The van der Waals surface area contributed by atoms with Crippen molar-refractivity contribution >= 4 is 27.7 Å². The van der Waals surface area contributed by atoms with Crippen molar-refractivity contribution in [1.82, 2.24) is 20.2 Å². The standard InChI is InChI=1S/C29H40BrN5O/c1-20-6-11-25-26(20)27(33-19-32-25)34-13-15-35(16-14-34)28(36)24(21-7-9-22(30)10-8-21)18-31-23-5-4-12-29(2,3)17-23/h7-10,19-20,23-24,31H,4-6,11-18H2,1-3H3/t20-,23?,24-/m1/s1. The number of aromatic nitrogens is 2. The monoisotopic (exact) mass is 553 g/mol. The Kier molecular flexibility index (Phi) is 7.68. The molecule has 6 nitrogen and oxygen atoms in total. The van der Waals surface area contributed by atoms with E-state index < -0.39 is 0 Å². The van der Waals surface area contributed by atoms with Crippen LogP contribution in [-0.4, -0.2) is 59.5 Å². The summed E-state index contributed by atoms with van der Waals surface area (Å²) in [7, 11) is 0. The van der Waals surface area contributed by atoms with Gasteiger partial charge < -0.3 is 15.1 Å². The molecule has 1 N–H and O–H groups in total. The van der Waals surface area contributed by atoms with Crippen LogP contribution in [0.3, 0.4) is 0 Å². The van der Waals surface area contributed by atoms with E-state index in [9.17, 15) is 4.79 Å². The number of benzene rings is 1. The summed E-state index contributed by atoms with van der Waals surface area (Å²) in [4.78, 5) is 27.5. The third-order valence-electron chi connectivity index (χ3n) is 8.53. The van der Waals surface area contributed by atoms with E-state index in [0.29, 0.717) is 23.9 Å². The first kappa shape index (κ1) is 25.7. The van der Waals surface area contributed by atoms with Crippen molar-refractivity contribution in [3.63, 3.8) is 0 Å². The minimum Gasteiger partial charge on any atom is -0.353 e. The summed E-state index contributed by atoms with van der Waals surface area (Å²) in [6.07, 6.45) is 8.84. The maximum Gasteiger partial charge on any atom is 0.231 e. The largest absolute Gasteiger partial charge is 0.353 e. The van der Waals surface area contributed by atoms with Gasteiger partial charge in [0.05, 0.1) is 5.92 Å². The van der Waals surface area contributed by atoms with Crippen LogP contribution in [0.2, 0.25) is 0 Å². The van der Waals surface area contributed by atoms with Gasteiger partial charge >= 0.3 is 0 Å². The molecule has 1 aliphatic heterocycles. The average Bonchev–Trinajstić information content (AvgIpc) is 3.25. The predicted octanol–water partition coefficient (Wildman–Crippen LogP) is 5.28. The van der Waals surface area contributed by atoms with Crippen molar-refractivity contribution < 1.29 is 4.79 Å². The molecule has 2 aliphatic carbocycles. The van der Waals surface area contributed by atoms with E-state index in [0.717, 1.165) is 54.9 Å². The fourth-order valence-corrected chi connectivity index (χ4v) is 6.70. The molecule has 0 bridgehead atoms. The van der Waals surface area contributed by atoms with Crippen LogP contribution >= 0.6 is 15.9 Å². The molecule has 0 radical (unpaired) electrons. The number of nitrogens with zero attached hydrogens (tertiary/aromatic N) is 4. The Hall–Kier alpha value is -1.99. The van der Waals surface area contributed by atoms with Gasteiger partial charge in [-0.15, -0.1) is 0 Å². The molecule has 1 aromatic carbocycles. The number of nitrogens with one attached hydrogen (secondary N) is 1. The van der Waals surface area contributed by atoms with E-state index in [-0.39, 0.29) is 11.8 Å². The molecule has 0 spiro atoms. The molecule has 36 heavy (non-hydrogen) atoms. The molecule has 3 atom stereocenters. The minimum atomic E-state index is -0.169. The molecule has 7 heteroatoms. The molecular formula is C29H40BrN5O. The van der Waals surface area contributed by atoms with Crippen molar-refractivity contribution in [2.24, 2.45) is 5.41 Å². The molecule has 1 aromatic heterocycles. The first-order chi connectivity index (χ1) is 17.3. The summed E-state index contributed by atoms with van der Waals surface area (Å²) in [5.41, 5.74) is 4.00.